The van der Waals surface area contributed by atoms with Crippen molar-refractivity contribution < 1.29 is 4.74 Å². The van der Waals surface area contributed by atoms with Crippen LogP contribution in [0.1, 0.15) is 30.9 Å². The zero-order valence-electron chi connectivity index (χ0n) is 13.1. The average Bonchev–Trinajstić information content (AvgIpc) is 2.46. The van der Waals surface area contributed by atoms with Crippen LogP contribution in [0.3, 0.4) is 0 Å². The van der Waals surface area contributed by atoms with Crippen molar-refractivity contribution in [1.82, 2.24) is 4.90 Å². The third-order valence-corrected chi connectivity index (χ3v) is 4.00. The van der Waals surface area contributed by atoms with Gasteiger partial charge in [-0.2, -0.15) is 0 Å². The molecule has 0 saturated carbocycles. The second-order valence-electron chi connectivity index (χ2n) is 5.65. The summed E-state index contributed by atoms with van der Waals surface area (Å²) in [5.41, 5.74) is 8.35. The largest absolute Gasteiger partial charge is 0.496 e. The minimum atomic E-state index is 0. The molecule has 0 atom stereocenters. The van der Waals surface area contributed by atoms with Crippen molar-refractivity contribution in [2.75, 3.05) is 20.2 Å². The first kappa shape index (κ1) is 18.1. The number of aryl methyl sites for hydroxylation is 1. The second-order valence-corrected chi connectivity index (χ2v) is 5.65. The van der Waals surface area contributed by atoms with Gasteiger partial charge in [-0.25, -0.2) is 4.99 Å². The predicted octanol–water partition coefficient (Wildman–Crippen LogP) is 3.17. The SMILES string of the molecule is COc1cc(CN=C(N)N2CCC(C)CC2)ccc1C.I. The number of nitrogens with zero attached hydrogens (tertiary/aromatic N) is 2. The highest BCUT2D eigenvalue weighted by molar-refractivity contribution is 14.0. The van der Waals surface area contributed by atoms with E-state index in [9.17, 15) is 0 Å². The van der Waals surface area contributed by atoms with E-state index in [4.69, 9.17) is 10.5 Å². The summed E-state index contributed by atoms with van der Waals surface area (Å²) in [5, 5.41) is 0. The molecule has 1 fully saturated rings. The lowest BCUT2D eigenvalue weighted by Gasteiger charge is -2.31. The Kier molecular flexibility index (Phi) is 7.28. The number of guanidine groups is 1. The number of ether oxygens (including phenoxy) is 1. The van der Waals surface area contributed by atoms with Crippen LogP contribution in [0.5, 0.6) is 5.75 Å². The Hall–Kier alpha value is -0.980. The molecule has 21 heavy (non-hydrogen) atoms. The Morgan fingerprint density at radius 3 is 2.67 bits per heavy atom. The number of benzene rings is 1. The monoisotopic (exact) mass is 403 g/mol. The maximum absolute atomic E-state index is 6.09. The summed E-state index contributed by atoms with van der Waals surface area (Å²) in [6.07, 6.45) is 2.41. The van der Waals surface area contributed by atoms with Crippen LogP contribution in [0.2, 0.25) is 0 Å². The molecule has 5 heteroatoms. The van der Waals surface area contributed by atoms with Crippen LogP contribution in [0.15, 0.2) is 23.2 Å². The number of nitrogens with two attached hydrogens (primary N) is 1. The van der Waals surface area contributed by atoms with Gasteiger partial charge in [0.1, 0.15) is 5.75 Å². The molecule has 1 aromatic carbocycles. The van der Waals surface area contributed by atoms with E-state index in [0.717, 1.165) is 35.9 Å². The molecule has 0 unspecified atom stereocenters. The molecule has 1 aliphatic heterocycles. The van der Waals surface area contributed by atoms with E-state index < -0.39 is 0 Å². The van der Waals surface area contributed by atoms with Crippen LogP contribution in [0, 0.1) is 12.8 Å². The Balaban J connectivity index is 0.00000220. The molecule has 0 aromatic heterocycles. The van der Waals surface area contributed by atoms with Crippen molar-refractivity contribution in [3.05, 3.63) is 29.3 Å². The van der Waals surface area contributed by atoms with E-state index in [1.54, 1.807) is 7.11 Å². The maximum atomic E-state index is 6.09. The lowest BCUT2D eigenvalue weighted by atomic mass is 10.00. The summed E-state index contributed by atoms with van der Waals surface area (Å²) in [6.45, 7) is 6.98. The highest BCUT2D eigenvalue weighted by Gasteiger charge is 2.16. The summed E-state index contributed by atoms with van der Waals surface area (Å²) in [7, 11) is 1.69. The number of likely N-dealkylation sites (tertiary alicyclic amines) is 1. The molecule has 0 amide bonds. The van der Waals surface area contributed by atoms with Crippen LogP contribution in [-0.2, 0) is 6.54 Å². The first-order valence-corrected chi connectivity index (χ1v) is 7.28. The van der Waals surface area contributed by atoms with Gasteiger partial charge in [0.15, 0.2) is 5.96 Å². The number of aliphatic imine (C=N–C) groups is 1. The molecule has 1 saturated heterocycles. The average molecular weight is 403 g/mol. The Morgan fingerprint density at radius 1 is 1.38 bits per heavy atom. The molecular weight excluding hydrogens is 377 g/mol. The van der Waals surface area contributed by atoms with Gasteiger partial charge in [0.25, 0.3) is 0 Å². The fourth-order valence-corrected chi connectivity index (χ4v) is 2.47. The topological polar surface area (TPSA) is 50.9 Å². The Labute approximate surface area is 144 Å². The van der Waals surface area contributed by atoms with Crippen molar-refractivity contribution in [1.29, 1.82) is 0 Å². The van der Waals surface area contributed by atoms with Crippen LogP contribution in [0.4, 0.5) is 0 Å². The van der Waals surface area contributed by atoms with Gasteiger partial charge in [0.2, 0.25) is 0 Å². The number of rotatable bonds is 3. The fourth-order valence-electron chi connectivity index (χ4n) is 2.47. The Bertz CT molecular complexity index is 482. The third-order valence-electron chi connectivity index (χ3n) is 4.00. The van der Waals surface area contributed by atoms with E-state index in [0.29, 0.717) is 12.5 Å². The first-order valence-electron chi connectivity index (χ1n) is 7.28. The molecule has 0 spiro atoms. The van der Waals surface area contributed by atoms with Gasteiger partial charge in [-0.15, -0.1) is 24.0 Å². The molecular formula is C16H26IN3O. The van der Waals surface area contributed by atoms with Gasteiger partial charge in [0.05, 0.1) is 13.7 Å². The quantitative estimate of drug-likeness (QED) is 0.479. The summed E-state index contributed by atoms with van der Waals surface area (Å²) in [5.74, 6) is 2.37. The molecule has 4 nitrogen and oxygen atoms in total. The van der Waals surface area contributed by atoms with Gasteiger partial charge in [-0.3, -0.25) is 0 Å². The number of piperidine rings is 1. The smallest absolute Gasteiger partial charge is 0.191 e. The van der Waals surface area contributed by atoms with E-state index in [-0.39, 0.29) is 24.0 Å². The number of hydrogen-bond acceptors (Lipinski definition) is 2. The molecule has 2 N–H and O–H groups in total. The second kappa shape index (κ2) is 8.46. The van der Waals surface area contributed by atoms with Crippen molar-refractivity contribution in [3.8, 4) is 5.75 Å². The number of methoxy groups -OCH3 is 1. The van der Waals surface area contributed by atoms with Crippen LogP contribution in [-0.4, -0.2) is 31.1 Å². The lowest BCUT2D eigenvalue weighted by molar-refractivity contribution is 0.277. The van der Waals surface area contributed by atoms with Crippen LogP contribution < -0.4 is 10.5 Å². The van der Waals surface area contributed by atoms with Crippen LogP contribution >= 0.6 is 24.0 Å². The third kappa shape index (κ3) is 5.05. The van der Waals surface area contributed by atoms with Crippen molar-refractivity contribution in [3.63, 3.8) is 0 Å². The molecule has 0 radical (unpaired) electrons. The molecule has 0 aliphatic carbocycles. The molecule has 1 aromatic rings. The Morgan fingerprint density at radius 2 is 2.05 bits per heavy atom. The van der Waals surface area contributed by atoms with Gasteiger partial charge in [0, 0.05) is 13.1 Å². The fraction of sp³-hybridized carbons (Fsp3) is 0.562. The molecule has 1 aliphatic rings. The first-order chi connectivity index (χ1) is 9.60. The number of hydrogen-bond donors (Lipinski definition) is 1. The molecule has 118 valence electrons. The zero-order valence-corrected chi connectivity index (χ0v) is 15.5. The summed E-state index contributed by atoms with van der Waals surface area (Å²) in [6, 6.07) is 6.17. The molecule has 1 heterocycles. The minimum absolute atomic E-state index is 0. The maximum Gasteiger partial charge on any atom is 0.191 e. The normalized spacial score (nSPS) is 16.5. The van der Waals surface area contributed by atoms with Gasteiger partial charge >= 0.3 is 0 Å². The van der Waals surface area contributed by atoms with E-state index in [1.807, 2.05) is 13.0 Å². The van der Waals surface area contributed by atoms with Crippen LogP contribution in [0.25, 0.3) is 0 Å². The van der Waals surface area contributed by atoms with E-state index >= 15 is 0 Å². The predicted molar refractivity (Wildman–Crippen MR) is 98.4 cm³/mol. The minimum Gasteiger partial charge on any atom is -0.496 e. The van der Waals surface area contributed by atoms with E-state index in [2.05, 4.69) is 28.9 Å². The number of halogens is 1. The van der Waals surface area contributed by atoms with Gasteiger partial charge in [-0.05, 0) is 42.9 Å². The highest BCUT2D eigenvalue weighted by atomic mass is 127. The van der Waals surface area contributed by atoms with E-state index in [1.165, 1.54) is 12.8 Å². The summed E-state index contributed by atoms with van der Waals surface area (Å²) >= 11 is 0. The standard InChI is InChI=1S/C16H25N3O.HI/c1-12-6-8-19(9-7-12)16(17)18-11-14-5-4-13(2)15(10-14)20-3;/h4-5,10,12H,6-9,11H2,1-3H3,(H2,17,18);1H. The molecule has 0 bridgehead atoms. The highest BCUT2D eigenvalue weighted by Crippen LogP contribution is 2.20. The molecule has 2 rings (SSSR count). The van der Waals surface area contributed by atoms with Crippen molar-refractivity contribution in [2.24, 2.45) is 16.6 Å². The lowest BCUT2D eigenvalue weighted by Crippen LogP contribution is -2.42. The summed E-state index contributed by atoms with van der Waals surface area (Å²) in [4.78, 5) is 6.70. The van der Waals surface area contributed by atoms with Gasteiger partial charge in [-0.1, -0.05) is 19.1 Å². The van der Waals surface area contributed by atoms with Crippen molar-refractivity contribution in [2.45, 2.75) is 33.2 Å². The summed E-state index contributed by atoms with van der Waals surface area (Å²) < 4.78 is 5.33. The van der Waals surface area contributed by atoms with Gasteiger partial charge < -0.3 is 15.4 Å². The zero-order chi connectivity index (χ0) is 14.5. The van der Waals surface area contributed by atoms with Crippen molar-refractivity contribution >= 4 is 29.9 Å².